The Hall–Kier alpha value is -2.82. The van der Waals surface area contributed by atoms with Crippen molar-refractivity contribution in [3.05, 3.63) is 53.6 Å². The second-order valence-electron chi connectivity index (χ2n) is 10.7. The zero-order valence-corrected chi connectivity index (χ0v) is 21.1. The number of benzene rings is 2. The molecule has 0 radical (unpaired) electrons. The van der Waals surface area contributed by atoms with Gasteiger partial charge in [-0.3, -0.25) is 4.79 Å². The van der Waals surface area contributed by atoms with Crippen LogP contribution < -0.4 is 15.1 Å². The van der Waals surface area contributed by atoms with E-state index in [1.807, 2.05) is 84.0 Å². The van der Waals surface area contributed by atoms with E-state index >= 15 is 0 Å². The van der Waals surface area contributed by atoms with Crippen molar-refractivity contribution in [2.24, 2.45) is 5.92 Å². The molecule has 0 N–H and O–H groups in total. The molecule has 1 saturated heterocycles. The van der Waals surface area contributed by atoms with Crippen LogP contribution in [0.3, 0.4) is 0 Å². The molecular weight excluding hydrogens is 427 g/mol. The highest BCUT2D eigenvalue weighted by Crippen LogP contribution is 2.46. The number of hydrogen-bond acceptors (Lipinski definition) is 5. The number of nitrogens with zero attached hydrogens (tertiary/aromatic N) is 2. The molecule has 0 aromatic heterocycles. The Kier molecular flexibility index (Phi) is 6.04. The van der Waals surface area contributed by atoms with Crippen molar-refractivity contribution in [2.45, 2.75) is 71.1 Å². The minimum absolute atomic E-state index is 0.165. The molecule has 1 amide bonds. The zero-order valence-electron chi connectivity index (χ0n) is 21.1. The molecule has 6 nitrogen and oxygen atoms in total. The second kappa shape index (κ2) is 8.44. The van der Waals surface area contributed by atoms with E-state index in [4.69, 9.17) is 14.0 Å². The minimum atomic E-state index is -1.24. The predicted molar refractivity (Wildman–Crippen MR) is 133 cm³/mol. The number of amides is 1. The van der Waals surface area contributed by atoms with Crippen molar-refractivity contribution in [1.29, 1.82) is 5.26 Å². The SMILES string of the molecule is COc1ccc(CN2C(=O)C(C#N)(CC(C)C)c3cc(B4OC(C)(C)C(C)(C)O4)ccc32)cc1. The first-order valence-corrected chi connectivity index (χ1v) is 11.8. The van der Waals surface area contributed by atoms with Gasteiger partial charge < -0.3 is 18.9 Å². The Bertz CT molecular complexity index is 1120. The van der Waals surface area contributed by atoms with Gasteiger partial charge >= 0.3 is 7.12 Å². The van der Waals surface area contributed by atoms with Gasteiger partial charge in [0.05, 0.1) is 30.9 Å². The third-order valence-electron chi connectivity index (χ3n) is 7.31. The fraction of sp³-hybridized carbons (Fsp3) is 0.481. The molecule has 2 aromatic rings. The van der Waals surface area contributed by atoms with E-state index in [1.165, 1.54) is 0 Å². The predicted octanol–water partition coefficient (Wildman–Crippen LogP) is 4.35. The van der Waals surface area contributed by atoms with Crippen LogP contribution in [0.4, 0.5) is 5.69 Å². The lowest BCUT2D eigenvalue weighted by Crippen LogP contribution is -2.41. The van der Waals surface area contributed by atoms with Gasteiger partial charge in [-0.1, -0.05) is 38.1 Å². The highest BCUT2D eigenvalue weighted by Gasteiger charge is 2.54. The first-order valence-electron chi connectivity index (χ1n) is 11.8. The van der Waals surface area contributed by atoms with Gasteiger partial charge in [0, 0.05) is 11.3 Å². The van der Waals surface area contributed by atoms with Gasteiger partial charge in [0.15, 0.2) is 5.41 Å². The Morgan fingerprint density at radius 1 is 1.06 bits per heavy atom. The van der Waals surface area contributed by atoms with Crippen molar-refractivity contribution in [3.8, 4) is 11.8 Å². The molecule has 4 rings (SSSR count). The lowest BCUT2D eigenvalue weighted by Gasteiger charge is -2.32. The Balaban J connectivity index is 1.76. The number of methoxy groups -OCH3 is 1. The number of ether oxygens (including phenoxy) is 1. The van der Waals surface area contributed by atoms with E-state index in [0.29, 0.717) is 13.0 Å². The Morgan fingerprint density at radius 2 is 1.68 bits per heavy atom. The summed E-state index contributed by atoms with van der Waals surface area (Å²) in [6.45, 7) is 12.5. The van der Waals surface area contributed by atoms with Crippen LogP contribution in [0.25, 0.3) is 0 Å². The third-order valence-corrected chi connectivity index (χ3v) is 7.31. The van der Waals surface area contributed by atoms with Crippen LogP contribution in [0.5, 0.6) is 5.75 Å². The van der Waals surface area contributed by atoms with Gasteiger partial charge in [0.2, 0.25) is 0 Å². The number of anilines is 1. The van der Waals surface area contributed by atoms with Gasteiger partial charge in [-0.2, -0.15) is 5.26 Å². The smallest absolute Gasteiger partial charge is 0.494 e. The van der Waals surface area contributed by atoms with Gasteiger partial charge in [-0.15, -0.1) is 0 Å². The Morgan fingerprint density at radius 3 is 2.21 bits per heavy atom. The molecule has 2 heterocycles. The summed E-state index contributed by atoms with van der Waals surface area (Å²) >= 11 is 0. The lowest BCUT2D eigenvalue weighted by atomic mass is 9.72. The van der Waals surface area contributed by atoms with Crippen molar-refractivity contribution in [3.63, 3.8) is 0 Å². The fourth-order valence-corrected chi connectivity index (χ4v) is 4.75. The Labute approximate surface area is 202 Å². The molecule has 0 aliphatic carbocycles. The summed E-state index contributed by atoms with van der Waals surface area (Å²) in [5.74, 6) is 0.744. The molecule has 1 unspecified atom stereocenters. The third kappa shape index (κ3) is 3.89. The van der Waals surface area contributed by atoms with Crippen LogP contribution in [0, 0.1) is 17.2 Å². The highest BCUT2D eigenvalue weighted by molar-refractivity contribution is 6.62. The maximum atomic E-state index is 13.8. The minimum Gasteiger partial charge on any atom is -0.497 e. The molecule has 0 bridgehead atoms. The normalized spacial score (nSPS) is 22.7. The largest absolute Gasteiger partial charge is 0.497 e. The summed E-state index contributed by atoms with van der Waals surface area (Å²) in [6.07, 6.45) is 0.446. The monoisotopic (exact) mass is 460 g/mol. The first-order chi connectivity index (χ1) is 15.9. The first kappa shape index (κ1) is 24.3. The maximum Gasteiger partial charge on any atom is 0.494 e. The highest BCUT2D eigenvalue weighted by atomic mass is 16.7. The molecule has 7 heteroatoms. The van der Waals surface area contributed by atoms with Crippen LogP contribution in [-0.4, -0.2) is 31.3 Å². The number of fused-ring (bicyclic) bond motifs is 1. The number of hydrogen-bond donors (Lipinski definition) is 0. The number of carbonyl (C=O) groups is 1. The van der Waals surface area contributed by atoms with E-state index in [1.54, 1.807) is 12.0 Å². The van der Waals surface area contributed by atoms with E-state index in [-0.39, 0.29) is 11.8 Å². The summed E-state index contributed by atoms with van der Waals surface area (Å²) in [6, 6.07) is 15.9. The van der Waals surface area contributed by atoms with E-state index in [2.05, 4.69) is 6.07 Å². The van der Waals surface area contributed by atoms with Crippen LogP contribution in [-0.2, 0) is 26.1 Å². The molecule has 0 saturated carbocycles. The summed E-state index contributed by atoms with van der Waals surface area (Å²) < 4.78 is 17.8. The molecule has 2 aromatic carbocycles. The molecule has 2 aliphatic rings. The molecule has 1 atom stereocenters. The summed E-state index contributed by atoms with van der Waals surface area (Å²) in [4.78, 5) is 15.6. The van der Waals surface area contributed by atoms with Crippen molar-refractivity contribution >= 4 is 24.2 Å². The van der Waals surface area contributed by atoms with E-state index < -0.39 is 23.7 Å². The standard InChI is InChI=1S/C27H33BN2O4/c1-18(2)15-27(17-29)22-14-20(28-33-25(3,4)26(5,6)34-28)10-13-23(22)30(24(27)31)16-19-8-11-21(32-7)12-9-19/h8-14,18H,15-16H2,1-7H3. The molecule has 0 spiro atoms. The summed E-state index contributed by atoms with van der Waals surface area (Å²) in [5.41, 5.74) is 1.09. The van der Waals surface area contributed by atoms with Gasteiger partial charge in [0.1, 0.15) is 5.75 Å². The van der Waals surface area contributed by atoms with Crippen molar-refractivity contribution in [2.75, 3.05) is 12.0 Å². The van der Waals surface area contributed by atoms with Gasteiger partial charge in [-0.05, 0) is 69.3 Å². The fourth-order valence-electron chi connectivity index (χ4n) is 4.75. The van der Waals surface area contributed by atoms with Gasteiger partial charge in [0.25, 0.3) is 5.91 Å². The van der Waals surface area contributed by atoms with Crippen molar-refractivity contribution < 1.29 is 18.8 Å². The van der Waals surface area contributed by atoms with E-state index in [0.717, 1.165) is 28.0 Å². The molecule has 1 fully saturated rings. The van der Waals surface area contributed by atoms with Crippen LogP contribution >= 0.6 is 0 Å². The summed E-state index contributed by atoms with van der Waals surface area (Å²) in [5, 5.41) is 10.4. The molecular formula is C27H33BN2O4. The average molecular weight is 460 g/mol. The quantitative estimate of drug-likeness (QED) is 0.600. The van der Waals surface area contributed by atoms with E-state index in [9.17, 15) is 10.1 Å². The molecule has 178 valence electrons. The summed E-state index contributed by atoms with van der Waals surface area (Å²) in [7, 11) is 1.07. The lowest BCUT2D eigenvalue weighted by molar-refractivity contribution is -0.122. The second-order valence-corrected chi connectivity index (χ2v) is 10.7. The number of carbonyl (C=O) groups excluding carboxylic acids is 1. The van der Waals surface area contributed by atoms with Crippen LogP contribution in [0.2, 0.25) is 0 Å². The van der Waals surface area contributed by atoms with Crippen molar-refractivity contribution in [1.82, 2.24) is 0 Å². The molecule has 2 aliphatic heterocycles. The number of rotatable bonds is 6. The van der Waals surface area contributed by atoms with Crippen LogP contribution in [0.15, 0.2) is 42.5 Å². The van der Waals surface area contributed by atoms with Gasteiger partial charge in [-0.25, -0.2) is 0 Å². The zero-order chi connectivity index (χ0) is 24.9. The molecule has 34 heavy (non-hydrogen) atoms. The van der Waals surface area contributed by atoms with Crippen LogP contribution in [0.1, 0.15) is 59.1 Å². The maximum absolute atomic E-state index is 13.8. The number of nitriles is 1. The average Bonchev–Trinajstić information content (AvgIpc) is 3.14. The topological polar surface area (TPSA) is 71.8 Å².